The number of aryl methyl sites for hydroxylation is 2. The number of nitrogens with zero attached hydrogens (tertiary/aromatic N) is 4. The third-order valence-corrected chi connectivity index (χ3v) is 2.60. The van der Waals surface area contributed by atoms with Gasteiger partial charge in [0.25, 0.3) is 0 Å². The van der Waals surface area contributed by atoms with Crippen molar-refractivity contribution < 1.29 is 0 Å². The number of anilines is 1. The van der Waals surface area contributed by atoms with Gasteiger partial charge < -0.3 is 10.3 Å². The average Bonchev–Trinajstić information content (AvgIpc) is 2.71. The molecule has 0 unspecified atom stereocenters. The van der Waals surface area contributed by atoms with Crippen LogP contribution in [0, 0.1) is 0 Å². The molecule has 0 aliphatic carbocycles. The molecule has 0 radical (unpaired) electrons. The third-order valence-electron chi connectivity index (χ3n) is 2.33. The molecule has 0 aliphatic rings. The summed E-state index contributed by atoms with van der Waals surface area (Å²) in [6, 6.07) is 0. The Morgan fingerprint density at radius 1 is 1.47 bits per heavy atom. The van der Waals surface area contributed by atoms with E-state index in [1.165, 1.54) is 0 Å². The van der Waals surface area contributed by atoms with E-state index < -0.39 is 0 Å². The first-order valence-electron chi connectivity index (χ1n) is 4.63. The molecule has 2 N–H and O–H groups in total. The lowest BCUT2D eigenvalue weighted by Crippen LogP contribution is -2.02. The van der Waals surface area contributed by atoms with E-state index in [9.17, 15) is 0 Å². The maximum absolute atomic E-state index is 6.03. The second kappa shape index (κ2) is 3.58. The first-order valence-corrected chi connectivity index (χ1v) is 5.01. The van der Waals surface area contributed by atoms with Crippen LogP contribution in [-0.2, 0) is 13.6 Å². The highest BCUT2D eigenvalue weighted by molar-refractivity contribution is 6.32. The Morgan fingerprint density at radius 2 is 2.20 bits per heavy atom. The van der Waals surface area contributed by atoms with Crippen molar-refractivity contribution in [1.82, 2.24) is 19.3 Å². The van der Waals surface area contributed by atoms with Gasteiger partial charge in [-0.15, -0.1) is 0 Å². The van der Waals surface area contributed by atoms with Crippen LogP contribution in [0.4, 0.5) is 5.69 Å². The molecule has 0 aliphatic heterocycles. The van der Waals surface area contributed by atoms with Crippen LogP contribution >= 0.6 is 11.6 Å². The summed E-state index contributed by atoms with van der Waals surface area (Å²) in [5, 5.41) is 4.53. The first kappa shape index (κ1) is 10.0. The standard InChI is InChI=1S/C9H12ClN5/c1-3-15-5-12-9(10)8(15)7-6(11)4-13-14(7)2/h4-5H,3,11H2,1-2H3. The number of aromatic nitrogens is 4. The predicted octanol–water partition coefficient (Wildman–Crippen LogP) is 1.54. The van der Waals surface area contributed by atoms with Crippen LogP contribution in [0.2, 0.25) is 5.15 Å². The van der Waals surface area contributed by atoms with Crippen molar-refractivity contribution in [2.45, 2.75) is 13.5 Å². The third kappa shape index (κ3) is 1.48. The molecule has 5 nitrogen and oxygen atoms in total. The lowest BCUT2D eigenvalue weighted by atomic mass is 10.3. The second-order valence-electron chi connectivity index (χ2n) is 3.24. The molecule has 0 saturated heterocycles. The summed E-state index contributed by atoms with van der Waals surface area (Å²) in [5.74, 6) is 0. The zero-order chi connectivity index (χ0) is 11.0. The fourth-order valence-corrected chi connectivity index (χ4v) is 1.82. The van der Waals surface area contributed by atoms with Gasteiger partial charge in [-0.25, -0.2) is 4.98 Å². The molecular formula is C9H12ClN5. The Balaban J connectivity index is 2.67. The van der Waals surface area contributed by atoms with Gasteiger partial charge in [-0.1, -0.05) is 11.6 Å². The van der Waals surface area contributed by atoms with Crippen LogP contribution in [0.25, 0.3) is 11.4 Å². The normalized spacial score (nSPS) is 10.9. The number of hydrogen-bond acceptors (Lipinski definition) is 3. The molecule has 0 bridgehead atoms. The number of rotatable bonds is 2. The van der Waals surface area contributed by atoms with Gasteiger partial charge in [0, 0.05) is 13.6 Å². The van der Waals surface area contributed by atoms with E-state index in [-0.39, 0.29) is 0 Å². The van der Waals surface area contributed by atoms with Gasteiger partial charge in [0.2, 0.25) is 0 Å². The highest BCUT2D eigenvalue weighted by atomic mass is 35.5. The summed E-state index contributed by atoms with van der Waals surface area (Å²) in [5.41, 5.74) is 8.07. The first-order chi connectivity index (χ1) is 7.15. The van der Waals surface area contributed by atoms with Crippen LogP contribution in [0.1, 0.15) is 6.92 Å². The van der Waals surface area contributed by atoms with Gasteiger partial charge in [-0.05, 0) is 6.92 Å². The summed E-state index contributed by atoms with van der Waals surface area (Å²) in [7, 11) is 1.83. The monoisotopic (exact) mass is 225 g/mol. The van der Waals surface area contributed by atoms with Crippen molar-refractivity contribution in [3.8, 4) is 11.4 Å². The maximum Gasteiger partial charge on any atom is 0.156 e. The highest BCUT2D eigenvalue weighted by Gasteiger charge is 2.17. The summed E-state index contributed by atoms with van der Waals surface area (Å²) in [4.78, 5) is 4.06. The van der Waals surface area contributed by atoms with Crippen LogP contribution in [0.15, 0.2) is 12.5 Å². The molecule has 0 fully saturated rings. The van der Waals surface area contributed by atoms with E-state index in [1.54, 1.807) is 17.2 Å². The molecule has 0 spiro atoms. The maximum atomic E-state index is 6.03. The molecule has 2 aromatic rings. The largest absolute Gasteiger partial charge is 0.396 e. The van der Waals surface area contributed by atoms with E-state index in [4.69, 9.17) is 17.3 Å². The topological polar surface area (TPSA) is 61.7 Å². The van der Waals surface area contributed by atoms with Crippen LogP contribution < -0.4 is 5.73 Å². The molecule has 2 rings (SSSR count). The lowest BCUT2D eigenvalue weighted by molar-refractivity contribution is 0.737. The molecule has 0 amide bonds. The van der Waals surface area contributed by atoms with E-state index in [0.717, 1.165) is 17.9 Å². The lowest BCUT2D eigenvalue weighted by Gasteiger charge is -2.07. The molecule has 0 aromatic carbocycles. The van der Waals surface area contributed by atoms with Gasteiger partial charge in [0.1, 0.15) is 11.4 Å². The van der Waals surface area contributed by atoms with E-state index >= 15 is 0 Å². The molecule has 2 aromatic heterocycles. The summed E-state index contributed by atoms with van der Waals surface area (Å²) in [6.07, 6.45) is 3.31. The summed E-state index contributed by atoms with van der Waals surface area (Å²) < 4.78 is 3.64. The number of nitrogen functional groups attached to an aromatic ring is 1. The molecule has 80 valence electrons. The minimum Gasteiger partial charge on any atom is -0.396 e. The quantitative estimate of drug-likeness (QED) is 0.844. The average molecular weight is 226 g/mol. The molecule has 0 atom stereocenters. The van der Waals surface area contributed by atoms with Gasteiger partial charge in [-0.2, -0.15) is 5.10 Å². The fourth-order valence-electron chi connectivity index (χ4n) is 1.58. The van der Waals surface area contributed by atoms with Crippen molar-refractivity contribution >= 4 is 17.3 Å². The zero-order valence-electron chi connectivity index (χ0n) is 8.61. The Kier molecular flexibility index (Phi) is 2.40. The molecule has 2 heterocycles. The smallest absolute Gasteiger partial charge is 0.156 e. The number of halogens is 1. The van der Waals surface area contributed by atoms with Gasteiger partial charge >= 0.3 is 0 Å². The highest BCUT2D eigenvalue weighted by Crippen LogP contribution is 2.30. The molecular weight excluding hydrogens is 214 g/mol. The predicted molar refractivity (Wildman–Crippen MR) is 59.5 cm³/mol. The van der Waals surface area contributed by atoms with Crippen LogP contribution in [0.5, 0.6) is 0 Å². The van der Waals surface area contributed by atoms with Crippen LogP contribution in [-0.4, -0.2) is 19.3 Å². The zero-order valence-corrected chi connectivity index (χ0v) is 9.36. The Bertz CT molecular complexity index is 465. The SMILES string of the molecule is CCn1cnc(Cl)c1-c1c(N)cnn1C. The minimum atomic E-state index is 0.451. The number of imidazole rings is 1. The minimum absolute atomic E-state index is 0.451. The fraction of sp³-hybridized carbons (Fsp3) is 0.333. The summed E-state index contributed by atoms with van der Waals surface area (Å²) >= 11 is 6.03. The molecule has 0 saturated carbocycles. The van der Waals surface area contributed by atoms with Crippen LogP contribution in [0.3, 0.4) is 0 Å². The van der Waals surface area contributed by atoms with E-state index in [2.05, 4.69) is 10.1 Å². The van der Waals surface area contributed by atoms with Crippen molar-refractivity contribution in [2.24, 2.45) is 7.05 Å². The number of nitrogens with two attached hydrogens (primary N) is 1. The summed E-state index contributed by atoms with van der Waals surface area (Å²) in [6.45, 7) is 2.81. The number of hydrogen-bond donors (Lipinski definition) is 1. The van der Waals surface area contributed by atoms with Gasteiger partial charge in [0.15, 0.2) is 5.15 Å². The van der Waals surface area contributed by atoms with Crippen molar-refractivity contribution in [2.75, 3.05) is 5.73 Å². The van der Waals surface area contributed by atoms with Gasteiger partial charge in [0.05, 0.1) is 18.2 Å². The molecule has 15 heavy (non-hydrogen) atoms. The van der Waals surface area contributed by atoms with Gasteiger partial charge in [-0.3, -0.25) is 4.68 Å². The Labute approximate surface area is 92.5 Å². The van der Waals surface area contributed by atoms with E-state index in [1.807, 2.05) is 18.5 Å². The second-order valence-corrected chi connectivity index (χ2v) is 3.60. The van der Waals surface area contributed by atoms with E-state index in [0.29, 0.717) is 10.8 Å². The van der Waals surface area contributed by atoms with Crippen molar-refractivity contribution in [1.29, 1.82) is 0 Å². The Hall–Kier alpha value is -1.49. The van der Waals surface area contributed by atoms with Crippen molar-refractivity contribution in [3.05, 3.63) is 17.7 Å². The molecule has 6 heteroatoms. The van der Waals surface area contributed by atoms with Crippen molar-refractivity contribution in [3.63, 3.8) is 0 Å². The Morgan fingerprint density at radius 3 is 2.73 bits per heavy atom.